The van der Waals surface area contributed by atoms with Crippen molar-refractivity contribution in [2.24, 2.45) is 23.2 Å². The molecule has 4 saturated carbocycles. The predicted octanol–water partition coefficient (Wildman–Crippen LogP) is 3.18. The molecule has 2 N–H and O–H groups in total. The molecule has 0 unspecified atom stereocenters. The van der Waals surface area contributed by atoms with Crippen LogP contribution in [-0.4, -0.2) is 25.2 Å². The van der Waals surface area contributed by atoms with E-state index in [1.165, 1.54) is 25.8 Å². The van der Waals surface area contributed by atoms with Crippen LogP contribution in [0, 0.1) is 23.2 Å². The van der Waals surface area contributed by atoms with Gasteiger partial charge in [-0.1, -0.05) is 0 Å². The van der Waals surface area contributed by atoms with E-state index in [0.717, 1.165) is 30.8 Å². The molecule has 0 aliphatic heterocycles. The number of nitrogens with one attached hydrogen (secondary N) is 2. The lowest BCUT2D eigenvalue weighted by molar-refractivity contribution is -0.0511. The van der Waals surface area contributed by atoms with E-state index in [2.05, 4.69) is 31.4 Å². The van der Waals surface area contributed by atoms with E-state index in [1.54, 1.807) is 19.3 Å². The summed E-state index contributed by atoms with van der Waals surface area (Å²) in [5.74, 6) is 3.25. The Hall–Kier alpha value is -0.0800. The second-order valence-electron chi connectivity index (χ2n) is 8.77. The Bertz CT molecular complexity index is 280. The fraction of sp³-hybridized carbons (Fsp3) is 1.00. The maximum atomic E-state index is 3.75. The van der Waals surface area contributed by atoms with Gasteiger partial charge in [-0.15, -0.1) is 0 Å². The van der Waals surface area contributed by atoms with Crippen molar-refractivity contribution in [2.75, 3.05) is 19.6 Å². The summed E-state index contributed by atoms with van der Waals surface area (Å²) in [6.07, 6.45) is 9.26. The zero-order chi connectivity index (χ0) is 13.5. The highest BCUT2D eigenvalue weighted by atomic mass is 15.0. The van der Waals surface area contributed by atoms with Gasteiger partial charge < -0.3 is 10.6 Å². The molecule has 2 heteroatoms. The lowest BCUT2D eigenvalue weighted by atomic mass is 9.49. The Labute approximate surface area is 119 Å². The van der Waals surface area contributed by atoms with Crippen molar-refractivity contribution in [1.29, 1.82) is 0 Å². The third-order valence-corrected chi connectivity index (χ3v) is 5.62. The minimum Gasteiger partial charge on any atom is -0.315 e. The molecule has 0 heterocycles. The summed E-state index contributed by atoms with van der Waals surface area (Å²) in [4.78, 5) is 0. The van der Waals surface area contributed by atoms with Crippen molar-refractivity contribution in [3.05, 3.63) is 0 Å². The van der Waals surface area contributed by atoms with Crippen LogP contribution in [0.4, 0.5) is 0 Å². The van der Waals surface area contributed by atoms with Crippen LogP contribution in [0.3, 0.4) is 0 Å². The van der Waals surface area contributed by atoms with Gasteiger partial charge in [-0.05, 0) is 82.5 Å². The standard InChI is InChI=1S/C17H32N2/c1-16(2,3)19-5-4-18-12-17-9-13-6-14(10-17)8-15(7-13)11-17/h13-15,18-19H,4-12H2,1-3H3. The zero-order valence-electron chi connectivity index (χ0n) is 13.1. The van der Waals surface area contributed by atoms with Crippen molar-refractivity contribution < 1.29 is 0 Å². The first kappa shape index (κ1) is 13.9. The van der Waals surface area contributed by atoms with Crippen LogP contribution in [0.1, 0.15) is 59.3 Å². The Morgan fingerprint density at radius 1 is 0.895 bits per heavy atom. The summed E-state index contributed by atoms with van der Waals surface area (Å²) in [7, 11) is 0. The molecule has 4 aliphatic rings. The lowest BCUT2D eigenvalue weighted by Gasteiger charge is -2.57. The van der Waals surface area contributed by atoms with Crippen molar-refractivity contribution in [3.8, 4) is 0 Å². The molecule has 19 heavy (non-hydrogen) atoms. The van der Waals surface area contributed by atoms with Crippen molar-refractivity contribution in [2.45, 2.75) is 64.8 Å². The average molecular weight is 264 g/mol. The van der Waals surface area contributed by atoms with Crippen molar-refractivity contribution in [3.63, 3.8) is 0 Å². The van der Waals surface area contributed by atoms with E-state index < -0.39 is 0 Å². The van der Waals surface area contributed by atoms with E-state index in [0.29, 0.717) is 5.41 Å². The highest BCUT2D eigenvalue weighted by Gasteiger charge is 2.50. The van der Waals surface area contributed by atoms with Gasteiger partial charge >= 0.3 is 0 Å². The second-order valence-corrected chi connectivity index (χ2v) is 8.77. The minimum absolute atomic E-state index is 0.252. The molecule has 4 aliphatic carbocycles. The molecule has 0 radical (unpaired) electrons. The van der Waals surface area contributed by atoms with Gasteiger partial charge in [0.1, 0.15) is 0 Å². The van der Waals surface area contributed by atoms with E-state index in [9.17, 15) is 0 Å². The summed E-state index contributed by atoms with van der Waals surface area (Å²) in [5.41, 5.74) is 0.943. The van der Waals surface area contributed by atoms with Crippen LogP contribution in [0.25, 0.3) is 0 Å². The first-order valence-electron chi connectivity index (χ1n) is 8.40. The third-order valence-electron chi connectivity index (χ3n) is 5.62. The first-order chi connectivity index (χ1) is 8.94. The Balaban J connectivity index is 1.43. The van der Waals surface area contributed by atoms with Gasteiger partial charge in [-0.25, -0.2) is 0 Å². The topological polar surface area (TPSA) is 24.1 Å². The lowest BCUT2D eigenvalue weighted by Crippen LogP contribution is -2.51. The van der Waals surface area contributed by atoms with Gasteiger partial charge in [0.2, 0.25) is 0 Å². The number of rotatable bonds is 5. The molecule has 110 valence electrons. The molecule has 0 aromatic carbocycles. The van der Waals surface area contributed by atoms with Crippen LogP contribution in [0.15, 0.2) is 0 Å². The third kappa shape index (κ3) is 3.33. The molecular weight excluding hydrogens is 232 g/mol. The maximum Gasteiger partial charge on any atom is 0.00970 e. The highest BCUT2D eigenvalue weighted by molar-refractivity contribution is 5.02. The Morgan fingerprint density at radius 2 is 1.42 bits per heavy atom. The van der Waals surface area contributed by atoms with Crippen LogP contribution >= 0.6 is 0 Å². The average Bonchev–Trinajstić information content (AvgIpc) is 2.24. The minimum atomic E-state index is 0.252. The van der Waals surface area contributed by atoms with Gasteiger partial charge in [0.25, 0.3) is 0 Å². The van der Waals surface area contributed by atoms with Crippen LogP contribution < -0.4 is 10.6 Å². The maximum absolute atomic E-state index is 3.75. The number of hydrogen-bond acceptors (Lipinski definition) is 2. The summed E-state index contributed by atoms with van der Waals surface area (Å²) in [5, 5.41) is 7.32. The molecular formula is C17H32N2. The largest absolute Gasteiger partial charge is 0.315 e. The van der Waals surface area contributed by atoms with Crippen LogP contribution in [0.5, 0.6) is 0 Å². The molecule has 0 aromatic rings. The highest BCUT2D eigenvalue weighted by Crippen LogP contribution is 2.59. The monoisotopic (exact) mass is 264 g/mol. The van der Waals surface area contributed by atoms with Crippen molar-refractivity contribution >= 4 is 0 Å². The molecule has 0 saturated heterocycles. The quantitative estimate of drug-likeness (QED) is 0.745. The van der Waals surface area contributed by atoms with E-state index >= 15 is 0 Å². The Morgan fingerprint density at radius 3 is 1.89 bits per heavy atom. The van der Waals surface area contributed by atoms with E-state index in [1.807, 2.05) is 0 Å². The molecule has 4 rings (SSSR count). The van der Waals surface area contributed by atoms with Gasteiger partial charge in [-0.2, -0.15) is 0 Å². The van der Waals surface area contributed by atoms with Crippen LogP contribution in [-0.2, 0) is 0 Å². The van der Waals surface area contributed by atoms with E-state index in [-0.39, 0.29) is 5.54 Å². The first-order valence-corrected chi connectivity index (χ1v) is 8.40. The van der Waals surface area contributed by atoms with Gasteiger partial charge in [0.05, 0.1) is 0 Å². The van der Waals surface area contributed by atoms with Gasteiger partial charge in [0.15, 0.2) is 0 Å². The van der Waals surface area contributed by atoms with Crippen molar-refractivity contribution in [1.82, 2.24) is 10.6 Å². The molecule has 0 atom stereocenters. The smallest absolute Gasteiger partial charge is 0.00970 e. The molecule has 0 amide bonds. The zero-order valence-corrected chi connectivity index (χ0v) is 13.1. The number of hydrogen-bond donors (Lipinski definition) is 2. The SMILES string of the molecule is CC(C)(C)NCCNCC12CC3CC(CC(C3)C1)C2. The van der Waals surface area contributed by atoms with Gasteiger partial charge in [-0.3, -0.25) is 0 Å². The summed E-state index contributed by atoms with van der Waals surface area (Å²) < 4.78 is 0. The normalized spacial score (nSPS) is 40.9. The molecule has 0 aromatic heterocycles. The predicted molar refractivity (Wildman–Crippen MR) is 81.2 cm³/mol. The van der Waals surface area contributed by atoms with Crippen LogP contribution in [0.2, 0.25) is 0 Å². The summed E-state index contributed by atoms with van der Waals surface area (Å²) in [6.45, 7) is 10.2. The molecule has 4 bridgehead atoms. The summed E-state index contributed by atoms with van der Waals surface area (Å²) in [6, 6.07) is 0. The fourth-order valence-electron chi connectivity index (χ4n) is 5.39. The van der Waals surface area contributed by atoms with Gasteiger partial charge in [0, 0.05) is 25.2 Å². The second kappa shape index (κ2) is 5.04. The Kier molecular flexibility index (Phi) is 3.68. The molecule has 2 nitrogen and oxygen atoms in total. The summed E-state index contributed by atoms with van der Waals surface area (Å²) >= 11 is 0. The molecule has 4 fully saturated rings. The molecule has 0 spiro atoms. The van der Waals surface area contributed by atoms with E-state index in [4.69, 9.17) is 0 Å². The fourth-order valence-corrected chi connectivity index (χ4v) is 5.39.